The van der Waals surface area contributed by atoms with Crippen molar-refractivity contribution >= 4 is 21.7 Å². The Morgan fingerprint density at radius 2 is 2.00 bits per heavy atom. The van der Waals surface area contributed by atoms with Crippen LogP contribution >= 0.6 is 15.9 Å². The van der Waals surface area contributed by atoms with Gasteiger partial charge in [-0.15, -0.1) is 0 Å². The first-order valence-electron chi connectivity index (χ1n) is 7.41. The van der Waals surface area contributed by atoms with Crippen molar-refractivity contribution in [2.24, 2.45) is 5.92 Å². The molecule has 1 saturated carbocycles. The van der Waals surface area contributed by atoms with Gasteiger partial charge in [0.1, 0.15) is 5.75 Å². The van der Waals surface area contributed by atoms with E-state index in [0.717, 1.165) is 39.3 Å². The fourth-order valence-corrected chi connectivity index (χ4v) is 3.75. The van der Waals surface area contributed by atoms with E-state index in [9.17, 15) is 4.79 Å². The number of hydrogen-bond donors (Lipinski definition) is 0. The fourth-order valence-electron chi connectivity index (χ4n) is 3.21. The Kier molecular flexibility index (Phi) is 5.25. The van der Waals surface area contributed by atoms with Crippen molar-refractivity contribution in [3.8, 4) is 5.75 Å². The summed E-state index contributed by atoms with van der Waals surface area (Å²) in [6.07, 6.45) is 6.90. The fraction of sp³-hybridized carbons (Fsp3) is 0.588. The van der Waals surface area contributed by atoms with Crippen LogP contribution in [0.2, 0.25) is 0 Å². The van der Waals surface area contributed by atoms with Gasteiger partial charge in [0, 0.05) is 10.9 Å². The van der Waals surface area contributed by atoms with Gasteiger partial charge < -0.3 is 4.74 Å². The second-order valence-electron chi connectivity index (χ2n) is 5.82. The molecular formula is C17H23BrO2. The molecule has 0 heterocycles. The smallest absolute Gasteiger partial charge is 0.166 e. The third-order valence-corrected chi connectivity index (χ3v) is 5.22. The molecule has 1 aromatic rings. The van der Waals surface area contributed by atoms with Crippen LogP contribution in [-0.4, -0.2) is 12.9 Å². The third-order valence-electron chi connectivity index (χ3n) is 4.40. The Balaban J connectivity index is 2.19. The molecule has 2 nitrogen and oxygen atoms in total. The van der Waals surface area contributed by atoms with E-state index in [2.05, 4.69) is 15.9 Å². The van der Waals surface area contributed by atoms with Gasteiger partial charge in [0.2, 0.25) is 0 Å². The molecule has 0 aliphatic heterocycles. The normalized spacial score (nSPS) is 15.6. The van der Waals surface area contributed by atoms with Crippen LogP contribution in [0.15, 0.2) is 10.5 Å². The molecule has 0 N–H and O–H groups in total. The summed E-state index contributed by atoms with van der Waals surface area (Å²) in [5.74, 6) is 1.70. The predicted octanol–water partition coefficient (Wildman–Crippen LogP) is 5.23. The van der Waals surface area contributed by atoms with E-state index in [4.69, 9.17) is 4.74 Å². The number of halogens is 1. The molecule has 1 fully saturated rings. The molecule has 0 amide bonds. The summed E-state index contributed by atoms with van der Waals surface area (Å²) in [5, 5.41) is 0. The highest BCUT2D eigenvalue weighted by Gasteiger charge is 2.22. The zero-order chi connectivity index (χ0) is 14.7. The number of ketones is 1. The van der Waals surface area contributed by atoms with Crippen LogP contribution in [0.3, 0.4) is 0 Å². The van der Waals surface area contributed by atoms with Crippen LogP contribution in [0.1, 0.15) is 60.0 Å². The lowest BCUT2D eigenvalue weighted by molar-refractivity contribution is 0.0970. The van der Waals surface area contributed by atoms with Gasteiger partial charge in [-0.1, -0.05) is 41.6 Å². The minimum Gasteiger partial charge on any atom is -0.496 e. The summed E-state index contributed by atoms with van der Waals surface area (Å²) in [7, 11) is 1.64. The molecule has 0 saturated heterocycles. The van der Waals surface area contributed by atoms with Crippen molar-refractivity contribution < 1.29 is 9.53 Å². The lowest BCUT2D eigenvalue weighted by Crippen LogP contribution is -2.08. The summed E-state index contributed by atoms with van der Waals surface area (Å²) in [6.45, 7) is 3.96. The predicted molar refractivity (Wildman–Crippen MR) is 85.7 cm³/mol. The van der Waals surface area contributed by atoms with E-state index < -0.39 is 0 Å². The van der Waals surface area contributed by atoms with Gasteiger partial charge in [-0.3, -0.25) is 4.79 Å². The summed E-state index contributed by atoms with van der Waals surface area (Å²) >= 11 is 3.54. The average molecular weight is 339 g/mol. The Hall–Kier alpha value is -0.830. The van der Waals surface area contributed by atoms with Gasteiger partial charge >= 0.3 is 0 Å². The van der Waals surface area contributed by atoms with Crippen molar-refractivity contribution in [2.45, 2.75) is 52.4 Å². The topological polar surface area (TPSA) is 26.3 Å². The van der Waals surface area contributed by atoms with Crippen molar-refractivity contribution in [3.63, 3.8) is 0 Å². The second kappa shape index (κ2) is 6.75. The van der Waals surface area contributed by atoms with Gasteiger partial charge in [-0.05, 0) is 43.4 Å². The third kappa shape index (κ3) is 3.25. The number of rotatable bonds is 5. The van der Waals surface area contributed by atoms with Crippen molar-refractivity contribution in [2.75, 3.05) is 7.11 Å². The van der Waals surface area contributed by atoms with Crippen LogP contribution in [0.5, 0.6) is 5.75 Å². The van der Waals surface area contributed by atoms with Gasteiger partial charge in [0.05, 0.1) is 12.7 Å². The number of benzene rings is 1. The molecule has 3 heteroatoms. The standard InChI is InChI=1S/C17H23BrO2/c1-11-10-14(18)12(2)16(17(11)20-3)15(19)9-8-13-6-4-5-7-13/h10,13H,4-9H2,1-3H3. The molecule has 0 bridgehead atoms. The van der Waals surface area contributed by atoms with E-state index in [1.54, 1.807) is 7.11 Å². The summed E-state index contributed by atoms with van der Waals surface area (Å²) in [5.41, 5.74) is 2.76. The molecule has 1 aliphatic rings. The molecular weight excluding hydrogens is 316 g/mol. The van der Waals surface area contributed by atoms with Crippen LogP contribution < -0.4 is 4.74 Å². The quantitative estimate of drug-likeness (QED) is 0.687. The van der Waals surface area contributed by atoms with E-state index >= 15 is 0 Å². The maximum absolute atomic E-state index is 12.6. The highest BCUT2D eigenvalue weighted by atomic mass is 79.9. The molecule has 0 spiro atoms. The number of aryl methyl sites for hydroxylation is 1. The molecule has 110 valence electrons. The van der Waals surface area contributed by atoms with Crippen molar-refractivity contribution in [1.29, 1.82) is 0 Å². The number of Topliss-reactive ketones (excluding diaryl/α,β-unsaturated/α-hetero) is 1. The lowest BCUT2D eigenvalue weighted by atomic mass is 9.94. The number of hydrogen-bond acceptors (Lipinski definition) is 2. The first-order chi connectivity index (χ1) is 9.54. The molecule has 20 heavy (non-hydrogen) atoms. The Morgan fingerprint density at radius 1 is 1.35 bits per heavy atom. The maximum Gasteiger partial charge on any atom is 0.166 e. The summed E-state index contributed by atoms with van der Waals surface area (Å²) in [4.78, 5) is 12.6. The van der Waals surface area contributed by atoms with Crippen LogP contribution in [0.4, 0.5) is 0 Å². The van der Waals surface area contributed by atoms with Crippen LogP contribution in [0.25, 0.3) is 0 Å². The van der Waals surface area contributed by atoms with Gasteiger partial charge in [-0.25, -0.2) is 0 Å². The minimum absolute atomic E-state index is 0.218. The molecule has 0 atom stereocenters. The van der Waals surface area contributed by atoms with Crippen molar-refractivity contribution in [3.05, 3.63) is 27.2 Å². The van der Waals surface area contributed by atoms with Crippen LogP contribution in [0, 0.1) is 19.8 Å². The lowest BCUT2D eigenvalue weighted by Gasteiger charge is -2.16. The van der Waals surface area contributed by atoms with Crippen molar-refractivity contribution in [1.82, 2.24) is 0 Å². The van der Waals surface area contributed by atoms with E-state index in [0.29, 0.717) is 6.42 Å². The first-order valence-corrected chi connectivity index (χ1v) is 8.20. The zero-order valence-corrected chi connectivity index (χ0v) is 14.2. The summed E-state index contributed by atoms with van der Waals surface area (Å²) < 4.78 is 6.45. The van der Waals surface area contributed by atoms with E-state index in [1.807, 2.05) is 19.9 Å². The van der Waals surface area contributed by atoms with Gasteiger partial charge in [0.15, 0.2) is 5.78 Å². The van der Waals surface area contributed by atoms with Crippen LogP contribution in [-0.2, 0) is 0 Å². The highest BCUT2D eigenvalue weighted by molar-refractivity contribution is 9.10. The average Bonchev–Trinajstić information content (AvgIpc) is 2.93. The second-order valence-corrected chi connectivity index (χ2v) is 6.68. The highest BCUT2D eigenvalue weighted by Crippen LogP contribution is 2.35. The Morgan fingerprint density at radius 3 is 2.60 bits per heavy atom. The Labute approximate surface area is 130 Å². The molecule has 0 unspecified atom stereocenters. The van der Waals surface area contributed by atoms with E-state index in [-0.39, 0.29) is 5.78 Å². The van der Waals surface area contributed by atoms with E-state index in [1.165, 1.54) is 25.7 Å². The Bertz CT molecular complexity index is 502. The monoisotopic (exact) mass is 338 g/mol. The maximum atomic E-state index is 12.6. The first kappa shape index (κ1) is 15.6. The number of methoxy groups -OCH3 is 1. The summed E-state index contributed by atoms with van der Waals surface area (Å²) in [6, 6.07) is 2.02. The largest absolute Gasteiger partial charge is 0.496 e. The minimum atomic E-state index is 0.218. The molecule has 2 rings (SSSR count). The molecule has 1 aromatic carbocycles. The number of carbonyl (C=O) groups is 1. The van der Waals surface area contributed by atoms with Gasteiger partial charge in [0.25, 0.3) is 0 Å². The number of carbonyl (C=O) groups excluding carboxylic acids is 1. The number of ether oxygens (including phenoxy) is 1. The molecule has 0 radical (unpaired) electrons. The SMILES string of the molecule is COc1c(C)cc(Br)c(C)c1C(=O)CCC1CCCC1. The zero-order valence-electron chi connectivity index (χ0n) is 12.6. The molecule has 0 aromatic heterocycles. The molecule has 1 aliphatic carbocycles. The van der Waals surface area contributed by atoms with Gasteiger partial charge in [-0.2, -0.15) is 0 Å².